The van der Waals surface area contributed by atoms with Gasteiger partial charge in [-0.2, -0.15) is 10.2 Å². The standard InChI is InChI=1S/C12H18N6O/c1-8-10(13)11(18(4)15-8)12(19)16(2)6-9-5-14-17(3)7-9/h5,7H,6,13H2,1-4H3. The van der Waals surface area contributed by atoms with E-state index in [1.807, 2.05) is 13.2 Å². The minimum Gasteiger partial charge on any atom is -0.395 e. The number of carbonyl (C=O) groups is 1. The fourth-order valence-electron chi connectivity index (χ4n) is 2.01. The predicted molar refractivity (Wildman–Crippen MR) is 71.4 cm³/mol. The lowest BCUT2D eigenvalue weighted by molar-refractivity contribution is 0.0775. The highest BCUT2D eigenvalue weighted by atomic mass is 16.2. The molecule has 0 aliphatic carbocycles. The fraction of sp³-hybridized carbons (Fsp3) is 0.417. The Morgan fingerprint density at radius 2 is 2.16 bits per heavy atom. The zero-order valence-corrected chi connectivity index (χ0v) is 11.6. The number of aromatic nitrogens is 4. The van der Waals surface area contributed by atoms with Gasteiger partial charge < -0.3 is 10.6 Å². The lowest BCUT2D eigenvalue weighted by atomic mass is 10.2. The number of nitrogens with two attached hydrogens (primary N) is 1. The molecule has 0 saturated carbocycles. The second-order valence-electron chi connectivity index (χ2n) is 4.65. The van der Waals surface area contributed by atoms with Gasteiger partial charge in [-0.25, -0.2) is 0 Å². The van der Waals surface area contributed by atoms with Crippen LogP contribution in [-0.4, -0.2) is 37.4 Å². The molecule has 0 unspecified atom stereocenters. The molecule has 0 aromatic carbocycles. The second-order valence-corrected chi connectivity index (χ2v) is 4.65. The summed E-state index contributed by atoms with van der Waals surface area (Å²) >= 11 is 0. The summed E-state index contributed by atoms with van der Waals surface area (Å²) in [5, 5.41) is 8.23. The third-order valence-corrected chi connectivity index (χ3v) is 3.00. The summed E-state index contributed by atoms with van der Waals surface area (Å²) < 4.78 is 3.23. The van der Waals surface area contributed by atoms with E-state index in [4.69, 9.17) is 5.73 Å². The molecule has 0 saturated heterocycles. The van der Waals surface area contributed by atoms with Gasteiger partial charge >= 0.3 is 0 Å². The molecule has 2 N–H and O–H groups in total. The Morgan fingerprint density at radius 1 is 1.47 bits per heavy atom. The maximum atomic E-state index is 12.4. The number of aryl methyl sites for hydroxylation is 3. The van der Waals surface area contributed by atoms with Crippen molar-refractivity contribution in [3.63, 3.8) is 0 Å². The first kappa shape index (κ1) is 13.1. The Labute approximate surface area is 111 Å². The Bertz CT molecular complexity index is 612. The van der Waals surface area contributed by atoms with Crippen LogP contribution in [-0.2, 0) is 20.6 Å². The number of hydrogen-bond donors (Lipinski definition) is 1. The minimum atomic E-state index is -0.149. The molecule has 7 nitrogen and oxygen atoms in total. The Balaban J connectivity index is 2.19. The van der Waals surface area contributed by atoms with Crippen molar-refractivity contribution in [2.45, 2.75) is 13.5 Å². The van der Waals surface area contributed by atoms with Gasteiger partial charge in [0.15, 0.2) is 0 Å². The van der Waals surface area contributed by atoms with Gasteiger partial charge in [-0.05, 0) is 6.92 Å². The average Bonchev–Trinajstić information content (AvgIpc) is 2.84. The number of anilines is 1. The van der Waals surface area contributed by atoms with Crippen LogP contribution in [0.15, 0.2) is 12.4 Å². The van der Waals surface area contributed by atoms with Crippen LogP contribution in [0.2, 0.25) is 0 Å². The van der Waals surface area contributed by atoms with Crippen LogP contribution in [0.3, 0.4) is 0 Å². The summed E-state index contributed by atoms with van der Waals surface area (Å²) in [5.41, 5.74) is 8.38. The van der Waals surface area contributed by atoms with E-state index in [-0.39, 0.29) is 5.91 Å². The van der Waals surface area contributed by atoms with E-state index in [9.17, 15) is 4.79 Å². The van der Waals surface area contributed by atoms with Crippen molar-refractivity contribution in [1.82, 2.24) is 24.5 Å². The van der Waals surface area contributed by atoms with Gasteiger partial charge in [0.2, 0.25) is 0 Å². The Kier molecular flexibility index (Phi) is 3.28. The van der Waals surface area contributed by atoms with Gasteiger partial charge in [-0.3, -0.25) is 14.2 Å². The van der Waals surface area contributed by atoms with Crippen LogP contribution in [0.1, 0.15) is 21.7 Å². The molecule has 102 valence electrons. The molecule has 0 fully saturated rings. The number of nitrogens with zero attached hydrogens (tertiary/aromatic N) is 5. The highest BCUT2D eigenvalue weighted by Crippen LogP contribution is 2.17. The van der Waals surface area contributed by atoms with Crippen LogP contribution in [0, 0.1) is 6.92 Å². The second kappa shape index (κ2) is 4.75. The topological polar surface area (TPSA) is 82.0 Å². The average molecular weight is 262 g/mol. The first-order chi connectivity index (χ1) is 8.90. The molecule has 2 aromatic heterocycles. The monoisotopic (exact) mass is 262 g/mol. The fourth-order valence-corrected chi connectivity index (χ4v) is 2.01. The molecule has 1 amide bonds. The molecule has 0 bridgehead atoms. The van der Waals surface area contributed by atoms with Crippen LogP contribution in [0.5, 0.6) is 0 Å². The molecule has 0 spiro atoms. The molecular formula is C12H18N6O. The largest absolute Gasteiger partial charge is 0.395 e. The summed E-state index contributed by atoms with van der Waals surface area (Å²) in [6.07, 6.45) is 3.61. The lowest BCUT2D eigenvalue weighted by Gasteiger charge is -2.16. The van der Waals surface area contributed by atoms with E-state index in [1.54, 1.807) is 36.8 Å². The van der Waals surface area contributed by atoms with Gasteiger partial charge in [0.25, 0.3) is 5.91 Å². The van der Waals surface area contributed by atoms with Gasteiger partial charge in [0.05, 0.1) is 17.6 Å². The van der Waals surface area contributed by atoms with Crippen LogP contribution in [0.4, 0.5) is 5.69 Å². The van der Waals surface area contributed by atoms with Crippen molar-refractivity contribution in [3.8, 4) is 0 Å². The molecular weight excluding hydrogens is 244 g/mol. The highest BCUT2D eigenvalue weighted by Gasteiger charge is 2.21. The van der Waals surface area contributed by atoms with Crippen LogP contribution >= 0.6 is 0 Å². The molecule has 0 atom stereocenters. The zero-order valence-electron chi connectivity index (χ0n) is 11.6. The SMILES string of the molecule is Cc1nn(C)c(C(=O)N(C)Cc2cnn(C)c2)c1N. The minimum absolute atomic E-state index is 0.149. The molecule has 0 aliphatic rings. The van der Waals surface area contributed by atoms with Crippen molar-refractivity contribution in [3.05, 3.63) is 29.3 Å². The van der Waals surface area contributed by atoms with Crippen molar-refractivity contribution < 1.29 is 4.79 Å². The third kappa shape index (κ3) is 2.44. The predicted octanol–water partition coefficient (Wildman–Crippen LogP) is 0.316. The van der Waals surface area contributed by atoms with Crippen molar-refractivity contribution in [2.24, 2.45) is 14.1 Å². The van der Waals surface area contributed by atoms with Crippen molar-refractivity contribution >= 4 is 11.6 Å². The lowest BCUT2D eigenvalue weighted by Crippen LogP contribution is -2.28. The first-order valence-electron chi connectivity index (χ1n) is 5.92. The summed E-state index contributed by atoms with van der Waals surface area (Å²) in [6, 6.07) is 0. The number of carbonyl (C=O) groups excluding carboxylic acids is 1. The van der Waals surface area contributed by atoms with Gasteiger partial charge in [-0.15, -0.1) is 0 Å². The maximum absolute atomic E-state index is 12.4. The van der Waals surface area contributed by atoms with Gasteiger partial charge in [0.1, 0.15) is 5.69 Å². The quantitative estimate of drug-likeness (QED) is 0.863. The number of amides is 1. The molecule has 2 aromatic rings. The maximum Gasteiger partial charge on any atom is 0.274 e. The number of nitrogen functional groups attached to an aromatic ring is 1. The first-order valence-corrected chi connectivity index (χ1v) is 5.92. The molecule has 2 heterocycles. The van der Waals surface area contributed by atoms with E-state index < -0.39 is 0 Å². The van der Waals surface area contributed by atoms with E-state index in [0.717, 1.165) is 5.56 Å². The van der Waals surface area contributed by atoms with Gasteiger partial charge in [0, 0.05) is 39.4 Å². The van der Waals surface area contributed by atoms with Crippen LogP contribution in [0.25, 0.3) is 0 Å². The summed E-state index contributed by atoms with van der Waals surface area (Å²) in [7, 11) is 5.29. The zero-order chi connectivity index (χ0) is 14.2. The van der Waals surface area contributed by atoms with E-state index in [1.165, 1.54) is 4.68 Å². The Morgan fingerprint density at radius 3 is 2.63 bits per heavy atom. The third-order valence-electron chi connectivity index (χ3n) is 3.00. The summed E-state index contributed by atoms with van der Waals surface area (Å²) in [5.74, 6) is -0.149. The van der Waals surface area contributed by atoms with Crippen molar-refractivity contribution in [2.75, 3.05) is 12.8 Å². The van der Waals surface area contributed by atoms with Gasteiger partial charge in [-0.1, -0.05) is 0 Å². The molecule has 2 rings (SSSR count). The van der Waals surface area contributed by atoms with Crippen molar-refractivity contribution in [1.29, 1.82) is 0 Å². The molecule has 19 heavy (non-hydrogen) atoms. The highest BCUT2D eigenvalue weighted by molar-refractivity contribution is 5.97. The smallest absolute Gasteiger partial charge is 0.274 e. The number of hydrogen-bond acceptors (Lipinski definition) is 4. The number of rotatable bonds is 3. The molecule has 7 heteroatoms. The molecule has 0 aliphatic heterocycles. The summed E-state index contributed by atoms with van der Waals surface area (Å²) in [4.78, 5) is 14.0. The Hall–Kier alpha value is -2.31. The normalized spacial score (nSPS) is 10.7. The van der Waals surface area contributed by atoms with E-state index >= 15 is 0 Å². The van der Waals surface area contributed by atoms with E-state index in [0.29, 0.717) is 23.6 Å². The van der Waals surface area contributed by atoms with E-state index in [2.05, 4.69) is 10.2 Å². The summed E-state index contributed by atoms with van der Waals surface area (Å²) in [6.45, 7) is 2.27. The molecule has 0 radical (unpaired) electrons. The van der Waals surface area contributed by atoms with Crippen LogP contribution < -0.4 is 5.73 Å².